The van der Waals surface area contributed by atoms with E-state index >= 15 is 0 Å². The molecule has 5 nitrogen and oxygen atoms in total. The molecule has 6 heteroatoms. The molecule has 2 heterocycles. The van der Waals surface area contributed by atoms with Crippen LogP contribution in [0.4, 0.5) is 5.13 Å². The predicted octanol–water partition coefficient (Wildman–Crippen LogP) is 3.27. The first-order valence-corrected chi connectivity index (χ1v) is 7.20. The summed E-state index contributed by atoms with van der Waals surface area (Å²) in [6, 6.07) is 7.01. The summed E-state index contributed by atoms with van der Waals surface area (Å²) in [5, 5.41) is 12.8. The van der Waals surface area contributed by atoms with Gasteiger partial charge in [-0.05, 0) is 43.2 Å². The van der Waals surface area contributed by atoms with Gasteiger partial charge in [-0.25, -0.2) is 9.97 Å². The van der Waals surface area contributed by atoms with Gasteiger partial charge in [0.2, 0.25) is 0 Å². The van der Waals surface area contributed by atoms with E-state index in [0.717, 1.165) is 21.3 Å². The molecule has 0 spiro atoms. The van der Waals surface area contributed by atoms with Crippen LogP contribution in [0.1, 0.15) is 21.6 Å². The Kier molecular flexibility index (Phi) is 3.31. The zero-order valence-corrected chi connectivity index (χ0v) is 12.4. The van der Waals surface area contributed by atoms with E-state index in [1.807, 2.05) is 26.0 Å². The van der Waals surface area contributed by atoms with Crippen molar-refractivity contribution < 1.29 is 9.90 Å². The molecule has 3 aromatic rings. The Morgan fingerprint density at radius 2 is 2.10 bits per heavy atom. The van der Waals surface area contributed by atoms with E-state index in [4.69, 9.17) is 0 Å². The lowest BCUT2D eigenvalue weighted by Crippen LogP contribution is -2.13. The average molecular weight is 299 g/mol. The Bertz CT molecular complexity index is 842. The van der Waals surface area contributed by atoms with Crippen LogP contribution in [0, 0.1) is 13.8 Å². The second-order valence-corrected chi connectivity index (χ2v) is 5.73. The molecule has 0 bridgehead atoms. The lowest BCUT2D eigenvalue weighted by Gasteiger charge is -2.02. The third-order valence-corrected chi connectivity index (χ3v) is 4.24. The molecule has 0 aliphatic rings. The summed E-state index contributed by atoms with van der Waals surface area (Å²) in [5.74, 6) is -0.621. The third kappa shape index (κ3) is 2.45. The minimum Gasteiger partial charge on any atom is -0.505 e. The van der Waals surface area contributed by atoms with Crippen LogP contribution in [0.25, 0.3) is 10.2 Å². The number of thiazole rings is 1. The van der Waals surface area contributed by atoms with Crippen molar-refractivity contribution in [2.45, 2.75) is 13.8 Å². The summed E-state index contributed by atoms with van der Waals surface area (Å²) in [6.45, 7) is 4.03. The van der Waals surface area contributed by atoms with Crippen LogP contribution in [0.15, 0.2) is 30.5 Å². The summed E-state index contributed by atoms with van der Waals surface area (Å²) in [6.07, 6.45) is 1.46. The quantitative estimate of drug-likeness (QED) is 0.761. The molecule has 2 aromatic heterocycles. The van der Waals surface area contributed by atoms with Gasteiger partial charge in [0.25, 0.3) is 5.91 Å². The van der Waals surface area contributed by atoms with Gasteiger partial charge in [0.05, 0.1) is 10.2 Å². The number of pyridine rings is 1. The minimum absolute atomic E-state index is 0.00958. The number of aromatic nitrogens is 2. The SMILES string of the molecule is Cc1ccc2sc(NC(=O)c3ncccc3O)nc2c1C. The van der Waals surface area contributed by atoms with Crippen LogP contribution in [0.3, 0.4) is 0 Å². The number of hydrogen-bond donors (Lipinski definition) is 2. The topological polar surface area (TPSA) is 75.1 Å². The van der Waals surface area contributed by atoms with E-state index in [1.54, 1.807) is 6.07 Å². The van der Waals surface area contributed by atoms with Gasteiger partial charge >= 0.3 is 0 Å². The highest BCUT2D eigenvalue weighted by Crippen LogP contribution is 2.30. The molecule has 0 unspecified atom stereocenters. The molecule has 0 saturated carbocycles. The maximum absolute atomic E-state index is 12.1. The zero-order chi connectivity index (χ0) is 15.0. The number of carbonyl (C=O) groups excluding carboxylic acids is 1. The molecular formula is C15H13N3O2S. The molecule has 0 fully saturated rings. The van der Waals surface area contributed by atoms with Crippen LogP contribution in [0.5, 0.6) is 5.75 Å². The highest BCUT2D eigenvalue weighted by atomic mass is 32.1. The van der Waals surface area contributed by atoms with E-state index in [2.05, 4.69) is 15.3 Å². The standard InChI is InChI=1S/C15H13N3O2S/c1-8-5-6-11-12(9(8)2)17-15(21-11)18-14(20)13-10(19)4-3-7-16-13/h3-7,19H,1-2H3,(H,17,18,20). The van der Waals surface area contributed by atoms with Gasteiger partial charge in [-0.1, -0.05) is 17.4 Å². The first kappa shape index (κ1) is 13.5. The third-order valence-electron chi connectivity index (χ3n) is 3.31. The minimum atomic E-state index is -0.471. The number of aryl methyl sites for hydroxylation is 2. The molecule has 0 aliphatic heterocycles. The molecule has 2 N–H and O–H groups in total. The molecule has 3 rings (SSSR count). The number of amides is 1. The van der Waals surface area contributed by atoms with Crippen molar-refractivity contribution in [2.24, 2.45) is 0 Å². The lowest BCUT2D eigenvalue weighted by molar-refractivity contribution is 0.101. The normalized spacial score (nSPS) is 10.8. The maximum atomic E-state index is 12.1. The van der Waals surface area contributed by atoms with Gasteiger partial charge < -0.3 is 5.11 Å². The molecular weight excluding hydrogens is 286 g/mol. The molecule has 0 atom stereocenters. The highest BCUT2D eigenvalue weighted by molar-refractivity contribution is 7.22. The van der Waals surface area contributed by atoms with Gasteiger partial charge in [0, 0.05) is 6.20 Å². The van der Waals surface area contributed by atoms with Crippen molar-refractivity contribution in [3.63, 3.8) is 0 Å². The molecule has 0 radical (unpaired) electrons. The highest BCUT2D eigenvalue weighted by Gasteiger charge is 2.15. The van der Waals surface area contributed by atoms with Gasteiger partial charge in [0.15, 0.2) is 10.8 Å². The fraction of sp³-hybridized carbons (Fsp3) is 0.133. The summed E-state index contributed by atoms with van der Waals surface area (Å²) in [5.41, 5.74) is 3.14. The number of hydrogen-bond acceptors (Lipinski definition) is 5. The van der Waals surface area contributed by atoms with Gasteiger partial charge in [-0.3, -0.25) is 10.1 Å². The summed E-state index contributed by atoms with van der Waals surface area (Å²) in [4.78, 5) is 20.4. The average Bonchev–Trinajstić information content (AvgIpc) is 2.87. The molecule has 106 valence electrons. The lowest BCUT2D eigenvalue weighted by atomic mass is 10.1. The number of fused-ring (bicyclic) bond motifs is 1. The maximum Gasteiger partial charge on any atom is 0.279 e. The van der Waals surface area contributed by atoms with Crippen LogP contribution < -0.4 is 5.32 Å². The first-order valence-electron chi connectivity index (χ1n) is 6.38. The molecule has 0 saturated heterocycles. The zero-order valence-electron chi connectivity index (χ0n) is 11.5. The van der Waals surface area contributed by atoms with E-state index in [9.17, 15) is 9.90 Å². The predicted molar refractivity (Wildman–Crippen MR) is 82.9 cm³/mol. The van der Waals surface area contributed by atoms with Crippen LogP contribution >= 0.6 is 11.3 Å². The van der Waals surface area contributed by atoms with Crippen LogP contribution in [-0.4, -0.2) is 21.0 Å². The van der Waals surface area contributed by atoms with Gasteiger partial charge in [-0.2, -0.15) is 0 Å². The summed E-state index contributed by atoms with van der Waals surface area (Å²) in [7, 11) is 0. The summed E-state index contributed by atoms with van der Waals surface area (Å²) >= 11 is 1.40. The number of nitrogens with one attached hydrogen (secondary N) is 1. The first-order chi connectivity index (χ1) is 10.1. The second-order valence-electron chi connectivity index (χ2n) is 4.70. The van der Waals surface area contributed by atoms with E-state index in [-0.39, 0.29) is 11.4 Å². The smallest absolute Gasteiger partial charge is 0.279 e. The van der Waals surface area contributed by atoms with Crippen molar-refractivity contribution in [3.05, 3.63) is 47.3 Å². The number of anilines is 1. The second kappa shape index (κ2) is 5.14. The van der Waals surface area contributed by atoms with Crippen molar-refractivity contribution in [2.75, 3.05) is 5.32 Å². The monoisotopic (exact) mass is 299 g/mol. The van der Waals surface area contributed by atoms with Crippen molar-refractivity contribution in [3.8, 4) is 5.75 Å². The number of carbonyl (C=O) groups is 1. The number of benzene rings is 1. The Balaban J connectivity index is 1.94. The number of nitrogens with zero attached hydrogens (tertiary/aromatic N) is 2. The Labute approximate surface area is 125 Å². The Morgan fingerprint density at radius 3 is 2.86 bits per heavy atom. The van der Waals surface area contributed by atoms with Crippen molar-refractivity contribution in [1.29, 1.82) is 0 Å². The molecule has 0 aliphatic carbocycles. The van der Waals surface area contributed by atoms with Crippen molar-refractivity contribution in [1.82, 2.24) is 9.97 Å². The Morgan fingerprint density at radius 1 is 1.29 bits per heavy atom. The van der Waals surface area contributed by atoms with Crippen molar-refractivity contribution >= 4 is 32.6 Å². The van der Waals surface area contributed by atoms with Gasteiger partial charge in [0.1, 0.15) is 5.75 Å². The van der Waals surface area contributed by atoms with E-state index in [1.165, 1.54) is 23.6 Å². The van der Waals surface area contributed by atoms with E-state index < -0.39 is 5.91 Å². The number of rotatable bonds is 2. The van der Waals surface area contributed by atoms with E-state index in [0.29, 0.717) is 5.13 Å². The number of aromatic hydroxyl groups is 1. The largest absolute Gasteiger partial charge is 0.505 e. The Hall–Kier alpha value is -2.47. The fourth-order valence-corrected chi connectivity index (χ4v) is 2.93. The van der Waals surface area contributed by atoms with Gasteiger partial charge in [-0.15, -0.1) is 0 Å². The molecule has 1 amide bonds. The molecule has 21 heavy (non-hydrogen) atoms. The fourth-order valence-electron chi connectivity index (χ4n) is 2.01. The van der Waals surface area contributed by atoms with Crippen LogP contribution in [0.2, 0.25) is 0 Å². The summed E-state index contributed by atoms with van der Waals surface area (Å²) < 4.78 is 1.01. The molecule has 1 aromatic carbocycles. The van der Waals surface area contributed by atoms with Crippen LogP contribution in [-0.2, 0) is 0 Å².